The lowest BCUT2D eigenvalue weighted by molar-refractivity contribution is 0.471. The highest BCUT2D eigenvalue weighted by atomic mass is 79.9. The van der Waals surface area contributed by atoms with Gasteiger partial charge in [0.25, 0.3) is 0 Å². The summed E-state index contributed by atoms with van der Waals surface area (Å²) in [5.74, 6) is 0.368. The number of hydrogen-bond donors (Lipinski definition) is 1. The van der Waals surface area contributed by atoms with E-state index in [4.69, 9.17) is 0 Å². The van der Waals surface area contributed by atoms with Gasteiger partial charge in [0, 0.05) is 4.47 Å². The summed E-state index contributed by atoms with van der Waals surface area (Å²) in [6.07, 6.45) is 6.28. The van der Waals surface area contributed by atoms with Crippen LogP contribution in [0.4, 0.5) is 0 Å². The molecule has 0 heterocycles. The predicted molar refractivity (Wildman–Crippen MR) is 96.1 cm³/mol. The van der Waals surface area contributed by atoms with Crippen molar-refractivity contribution < 1.29 is 5.11 Å². The molecule has 2 aromatic rings. The molecule has 1 saturated carbocycles. The van der Waals surface area contributed by atoms with Gasteiger partial charge in [-0.05, 0) is 79.1 Å². The molecule has 2 aromatic carbocycles. The van der Waals surface area contributed by atoms with Crippen LogP contribution in [0.5, 0.6) is 5.75 Å². The van der Waals surface area contributed by atoms with Crippen molar-refractivity contribution in [2.45, 2.75) is 39.0 Å². The number of phenols is 1. The van der Waals surface area contributed by atoms with Gasteiger partial charge in [0.1, 0.15) is 5.75 Å². The smallest absolute Gasteiger partial charge is 0.118 e. The summed E-state index contributed by atoms with van der Waals surface area (Å²) in [6, 6.07) is 14.5. The molecule has 22 heavy (non-hydrogen) atoms. The van der Waals surface area contributed by atoms with Crippen LogP contribution in [0.2, 0.25) is 0 Å². The Balaban J connectivity index is 2.13. The van der Waals surface area contributed by atoms with Crippen molar-refractivity contribution in [2.24, 2.45) is 0 Å². The first-order chi connectivity index (χ1) is 10.6. The molecule has 0 bridgehead atoms. The first-order valence-electron chi connectivity index (χ1n) is 7.93. The number of halogens is 1. The molecule has 1 fully saturated rings. The van der Waals surface area contributed by atoms with Crippen molar-refractivity contribution in [1.29, 1.82) is 0 Å². The lowest BCUT2D eigenvalue weighted by Gasteiger charge is -2.21. The molecule has 0 saturated heterocycles. The summed E-state index contributed by atoms with van der Waals surface area (Å²) in [5, 5.41) is 9.82. The molecule has 0 amide bonds. The Kier molecular flexibility index (Phi) is 4.68. The van der Waals surface area contributed by atoms with Gasteiger partial charge in [-0.25, -0.2) is 0 Å². The number of aromatic hydroxyl groups is 1. The van der Waals surface area contributed by atoms with E-state index >= 15 is 0 Å². The lowest BCUT2D eigenvalue weighted by Crippen LogP contribution is -2.00. The van der Waals surface area contributed by atoms with Crippen LogP contribution in [-0.2, 0) is 0 Å². The molecule has 1 aliphatic rings. The second kappa shape index (κ2) is 6.70. The van der Waals surface area contributed by atoms with E-state index in [1.165, 1.54) is 48.8 Å². The maximum absolute atomic E-state index is 9.82. The molecular weight excluding hydrogens is 336 g/mol. The van der Waals surface area contributed by atoms with Crippen LogP contribution in [-0.4, -0.2) is 5.11 Å². The number of hydrogen-bond acceptors (Lipinski definition) is 1. The molecule has 0 spiro atoms. The van der Waals surface area contributed by atoms with Gasteiger partial charge in [-0.1, -0.05) is 46.1 Å². The van der Waals surface area contributed by atoms with Gasteiger partial charge in [-0.3, -0.25) is 0 Å². The summed E-state index contributed by atoms with van der Waals surface area (Å²) < 4.78 is 1.10. The van der Waals surface area contributed by atoms with Crippen molar-refractivity contribution in [2.75, 3.05) is 0 Å². The van der Waals surface area contributed by atoms with Crippen LogP contribution in [0.15, 0.2) is 52.5 Å². The fourth-order valence-electron chi connectivity index (χ4n) is 3.23. The van der Waals surface area contributed by atoms with E-state index in [9.17, 15) is 5.11 Å². The van der Waals surface area contributed by atoms with Crippen LogP contribution in [0, 0.1) is 6.92 Å². The number of rotatable bonds is 2. The van der Waals surface area contributed by atoms with E-state index in [2.05, 4.69) is 46.3 Å². The molecule has 0 radical (unpaired) electrons. The van der Waals surface area contributed by atoms with Gasteiger partial charge in [0.2, 0.25) is 0 Å². The average Bonchev–Trinajstić information content (AvgIpc) is 2.54. The third-order valence-corrected chi connectivity index (χ3v) is 4.96. The summed E-state index contributed by atoms with van der Waals surface area (Å²) in [4.78, 5) is 0. The minimum Gasteiger partial charge on any atom is -0.508 e. The van der Waals surface area contributed by atoms with Gasteiger partial charge in [0.05, 0.1) is 0 Å². The van der Waals surface area contributed by atoms with Crippen molar-refractivity contribution in [3.63, 3.8) is 0 Å². The second-order valence-corrected chi connectivity index (χ2v) is 6.96. The normalized spacial score (nSPS) is 14.9. The highest BCUT2D eigenvalue weighted by Crippen LogP contribution is 2.36. The summed E-state index contributed by atoms with van der Waals surface area (Å²) in [7, 11) is 0. The fourth-order valence-corrected chi connectivity index (χ4v) is 3.50. The molecule has 2 heteroatoms. The van der Waals surface area contributed by atoms with E-state index in [0.29, 0.717) is 5.75 Å². The lowest BCUT2D eigenvalue weighted by atomic mass is 9.84. The summed E-state index contributed by atoms with van der Waals surface area (Å²) >= 11 is 3.52. The molecule has 1 aliphatic carbocycles. The van der Waals surface area contributed by atoms with Crippen molar-refractivity contribution in [1.82, 2.24) is 0 Å². The molecule has 0 atom stereocenters. The second-order valence-electron chi connectivity index (χ2n) is 6.05. The topological polar surface area (TPSA) is 20.2 Å². The Hall–Kier alpha value is -1.54. The zero-order valence-electron chi connectivity index (χ0n) is 12.9. The van der Waals surface area contributed by atoms with Gasteiger partial charge >= 0.3 is 0 Å². The van der Waals surface area contributed by atoms with Crippen LogP contribution in [0.25, 0.3) is 5.57 Å². The largest absolute Gasteiger partial charge is 0.508 e. The van der Waals surface area contributed by atoms with E-state index in [-0.39, 0.29) is 0 Å². The maximum Gasteiger partial charge on any atom is 0.118 e. The van der Waals surface area contributed by atoms with Crippen molar-refractivity contribution in [3.05, 3.63) is 69.2 Å². The highest BCUT2D eigenvalue weighted by molar-refractivity contribution is 9.10. The monoisotopic (exact) mass is 356 g/mol. The number of benzene rings is 2. The van der Waals surface area contributed by atoms with E-state index in [1.807, 2.05) is 19.1 Å². The summed E-state index contributed by atoms with van der Waals surface area (Å²) in [5.41, 5.74) is 6.33. The highest BCUT2D eigenvalue weighted by Gasteiger charge is 2.15. The quantitative estimate of drug-likeness (QED) is 0.676. The van der Waals surface area contributed by atoms with Crippen LogP contribution in [0.1, 0.15) is 48.8 Å². The van der Waals surface area contributed by atoms with Gasteiger partial charge in [-0.15, -0.1) is 0 Å². The van der Waals surface area contributed by atoms with Crippen molar-refractivity contribution >= 4 is 21.5 Å². The third-order valence-electron chi connectivity index (χ3n) is 4.43. The van der Waals surface area contributed by atoms with Crippen molar-refractivity contribution in [3.8, 4) is 5.75 Å². The van der Waals surface area contributed by atoms with E-state index < -0.39 is 0 Å². The molecule has 0 unspecified atom stereocenters. The number of allylic oxidation sites excluding steroid dienone is 1. The Morgan fingerprint density at radius 2 is 1.55 bits per heavy atom. The van der Waals surface area contributed by atoms with E-state index in [1.54, 1.807) is 5.57 Å². The van der Waals surface area contributed by atoms with Crippen LogP contribution in [0.3, 0.4) is 0 Å². The Morgan fingerprint density at radius 3 is 2.18 bits per heavy atom. The summed E-state index contributed by atoms with van der Waals surface area (Å²) in [6.45, 7) is 1.96. The molecule has 0 aromatic heterocycles. The van der Waals surface area contributed by atoms with Crippen LogP contribution < -0.4 is 0 Å². The third kappa shape index (κ3) is 3.27. The molecular formula is C20H21BrO. The van der Waals surface area contributed by atoms with E-state index in [0.717, 1.165) is 10.0 Å². The molecule has 1 N–H and O–H groups in total. The minimum atomic E-state index is 0.368. The first kappa shape index (κ1) is 15.4. The molecule has 0 aliphatic heterocycles. The van der Waals surface area contributed by atoms with Crippen LogP contribution >= 0.6 is 15.9 Å². The van der Waals surface area contributed by atoms with Gasteiger partial charge < -0.3 is 5.11 Å². The molecule has 114 valence electrons. The Morgan fingerprint density at radius 1 is 0.909 bits per heavy atom. The number of aryl methyl sites for hydroxylation is 1. The zero-order chi connectivity index (χ0) is 15.5. The minimum absolute atomic E-state index is 0.368. The predicted octanol–water partition coefficient (Wildman–Crippen LogP) is 6.23. The molecule has 1 nitrogen and oxygen atoms in total. The Bertz CT molecular complexity index is 690. The fraction of sp³-hybridized carbons (Fsp3) is 0.300. The molecule has 3 rings (SSSR count). The number of phenolic OH excluding ortho intramolecular Hbond substituents is 1. The Labute approximate surface area is 140 Å². The average molecular weight is 357 g/mol. The van der Waals surface area contributed by atoms with Gasteiger partial charge in [-0.2, -0.15) is 0 Å². The standard InChI is InChI=1S/C20H21BrO/c1-14-13-17(9-12-19(14)22)20(15-5-3-2-4-6-15)16-7-10-18(21)11-8-16/h7-13,22H,2-6H2,1H3. The first-order valence-corrected chi connectivity index (χ1v) is 8.72. The SMILES string of the molecule is Cc1cc(C(=C2CCCCC2)c2ccc(Br)cc2)ccc1O. The van der Waals surface area contributed by atoms with Gasteiger partial charge in [0.15, 0.2) is 0 Å². The zero-order valence-corrected chi connectivity index (χ0v) is 14.5. The maximum atomic E-state index is 9.82.